The zero-order valence-electron chi connectivity index (χ0n) is 23.5. The first-order valence-electron chi connectivity index (χ1n) is 15.0. The van der Waals surface area contributed by atoms with E-state index in [0.29, 0.717) is 24.1 Å². The van der Waals surface area contributed by atoms with Crippen molar-refractivity contribution < 1.29 is 19.4 Å². The molecule has 3 aromatic rings. The van der Waals surface area contributed by atoms with Crippen LogP contribution in [0.1, 0.15) is 124 Å². The quantitative estimate of drug-likeness (QED) is 0.355. The first kappa shape index (κ1) is 24.5. The van der Waals surface area contributed by atoms with Crippen LogP contribution in [-0.4, -0.2) is 38.2 Å². The van der Waals surface area contributed by atoms with Crippen LogP contribution in [-0.2, 0) is 9.47 Å². The summed E-state index contributed by atoms with van der Waals surface area (Å²) in [6.07, 6.45) is 9.28. The van der Waals surface area contributed by atoms with E-state index < -0.39 is 5.60 Å². The monoisotopic (exact) mass is 539 g/mol. The Hall–Kier alpha value is -3.32. The lowest BCUT2D eigenvalue weighted by atomic mass is 9.79. The molecule has 2 aliphatic carbocycles. The van der Waals surface area contributed by atoms with Crippen LogP contribution in [0.4, 0.5) is 4.79 Å². The largest absolute Gasteiger partial charge is 0.508 e. The topological polar surface area (TPSA) is 87.7 Å². The summed E-state index contributed by atoms with van der Waals surface area (Å²) in [6, 6.07) is 8.42. The van der Waals surface area contributed by atoms with E-state index in [0.717, 1.165) is 42.8 Å². The van der Waals surface area contributed by atoms with Crippen molar-refractivity contribution in [3.8, 4) is 28.1 Å². The first-order valence-corrected chi connectivity index (χ1v) is 15.0. The molecule has 4 bridgehead atoms. The van der Waals surface area contributed by atoms with Gasteiger partial charge in [0.05, 0.1) is 30.1 Å². The maximum Gasteiger partial charge on any atom is 0.410 e. The molecule has 1 saturated carbocycles. The highest BCUT2D eigenvalue weighted by Gasteiger charge is 2.45. The number of rotatable bonds is 3. The second kappa shape index (κ2) is 8.59. The highest BCUT2D eigenvalue weighted by molar-refractivity contribution is 5.82. The SMILES string of the molecule is CC(C)(C)OC(=O)N1CCC[C@H]1c1ncc(-c2ccc(-c3ccc(O)c4c3C3CCC4C3)c3c2C2CCC3O2)[nH]1. The third kappa shape index (κ3) is 3.59. The van der Waals surface area contributed by atoms with Crippen molar-refractivity contribution in [2.24, 2.45) is 0 Å². The summed E-state index contributed by atoms with van der Waals surface area (Å²) in [5, 5.41) is 10.7. The maximum absolute atomic E-state index is 12.9. The number of hydrogen-bond donors (Lipinski definition) is 2. The van der Waals surface area contributed by atoms with Crippen molar-refractivity contribution in [3.63, 3.8) is 0 Å². The Balaban J connectivity index is 1.18. The second-order valence-electron chi connectivity index (χ2n) is 13.4. The summed E-state index contributed by atoms with van der Waals surface area (Å²) >= 11 is 0. The molecule has 7 heteroatoms. The molecule has 40 heavy (non-hydrogen) atoms. The number of carbonyl (C=O) groups is 1. The summed E-state index contributed by atoms with van der Waals surface area (Å²) in [6.45, 7) is 6.38. The number of fused-ring (bicyclic) bond motifs is 10. The van der Waals surface area contributed by atoms with Crippen molar-refractivity contribution in [1.82, 2.24) is 14.9 Å². The predicted molar refractivity (Wildman–Crippen MR) is 151 cm³/mol. The molecular formula is C33H37N3O4. The number of hydrogen-bond acceptors (Lipinski definition) is 5. The van der Waals surface area contributed by atoms with Gasteiger partial charge in [-0.15, -0.1) is 0 Å². The number of likely N-dealkylation sites (tertiary alicyclic amines) is 1. The third-order valence-electron chi connectivity index (χ3n) is 9.84. The fourth-order valence-corrected chi connectivity index (χ4v) is 8.33. The number of aromatic amines is 1. The highest BCUT2D eigenvalue weighted by atomic mass is 16.6. The second-order valence-corrected chi connectivity index (χ2v) is 13.4. The van der Waals surface area contributed by atoms with E-state index in [1.165, 1.54) is 52.6 Å². The number of nitrogens with one attached hydrogen (secondary N) is 1. The Morgan fingerprint density at radius 2 is 1.62 bits per heavy atom. The van der Waals surface area contributed by atoms with Gasteiger partial charge in [0.25, 0.3) is 0 Å². The Morgan fingerprint density at radius 1 is 0.950 bits per heavy atom. The lowest BCUT2D eigenvalue weighted by Crippen LogP contribution is -2.36. The molecule has 8 rings (SSSR count). The lowest BCUT2D eigenvalue weighted by molar-refractivity contribution is 0.0218. The van der Waals surface area contributed by atoms with Gasteiger partial charge in [-0.25, -0.2) is 9.78 Å². The number of aromatic hydroxyl groups is 1. The normalized spacial score (nSPS) is 27.9. The van der Waals surface area contributed by atoms with Crippen LogP contribution in [0.15, 0.2) is 30.5 Å². The number of ether oxygens (including phenoxy) is 2. The number of imidazole rings is 1. The van der Waals surface area contributed by atoms with Gasteiger partial charge >= 0.3 is 6.09 Å². The summed E-state index contributed by atoms with van der Waals surface area (Å²) < 4.78 is 12.2. The fraction of sp³-hybridized carbons (Fsp3) is 0.515. The average Bonchev–Trinajstić information content (AvgIpc) is 3.77. The van der Waals surface area contributed by atoms with Crippen molar-refractivity contribution >= 4 is 6.09 Å². The van der Waals surface area contributed by atoms with Crippen molar-refractivity contribution in [2.45, 2.75) is 101 Å². The van der Waals surface area contributed by atoms with Gasteiger partial charge in [-0.2, -0.15) is 0 Å². The molecule has 2 aromatic carbocycles. The van der Waals surface area contributed by atoms with Crippen molar-refractivity contribution in [2.75, 3.05) is 6.54 Å². The van der Waals surface area contributed by atoms with Gasteiger partial charge in [0, 0.05) is 17.7 Å². The lowest BCUT2D eigenvalue weighted by Gasteiger charge is -2.27. The van der Waals surface area contributed by atoms with Gasteiger partial charge in [-0.05, 0) is 111 Å². The van der Waals surface area contributed by atoms with Crippen molar-refractivity contribution in [1.29, 1.82) is 0 Å². The van der Waals surface area contributed by atoms with Crippen LogP contribution in [0.5, 0.6) is 5.75 Å². The van der Waals surface area contributed by atoms with Crippen LogP contribution < -0.4 is 0 Å². The molecular weight excluding hydrogens is 502 g/mol. The number of nitrogens with zero attached hydrogens (tertiary/aromatic N) is 2. The molecule has 0 radical (unpaired) electrons. The fourth-order valence-electron chi connectivity index (χ4n) is 8.33. The molecule has 3 aliphatic heterocycles. The van der Waals surface area contributed by atoms with E-state index >= 15 is 0 Å². The third-order valence-corrected chi connectivity index (χ3v) is 9.84. The Bertz CT molecular complexity index is 1540. The van der Waals surface area contributed by atoms with Crippen LogP contribution in [0, 0.1) is 0 Å². The minimum Gasteiger partial charge on any atom is -0.508 e. The van der Waals surface area contributed by atoms with E-state index in [9.17, 15) is 9.90 Å². The van der Waals surface area contributed by atoms with Crippen LogP contribution in [0.2, 0.25) is 0 Å². The van der Waals surface area contributed by atoms with Gasteiger partial charge in [-0.3, -0.25) is 4.90 Å². The standard InChI is InChI=1S/C33H37N3O4/c1-33(2,3)40-32(38)36-14-4-5-23(36)31-34-16-22(35-31)21-9-8-20(29-25-12-13-26(39-25)30(21)29)19-10-11-24(37)28-18-7-6-17(15-18)27(19)28/h8-11,16-18,23,25-26,37H,4-7,12-15H2,1-3H3,(H,34,35)/t17?,18?,23-,25?,26?/m0/s1. The molecule has 5 aliphatic rings. The van der Waals surface area contributed by atoms with E-state index in [2.05, 4.69) is 23.2 Å². The number of benzene rings is 2. The van der Waals surface area contributed by atoms with E-state index in [4.69, 9.17) is 14.5 Å². The summed E-state index contributed by atoms with van der Waals surface area (Å²) in [7, 11) is 0. The summed E-state index contributed by atoms with van der Waals surface area (Å²) in [4.78, 5) is 23.1. The van der Waals surface area contributed by atoms with Crippen LogP contribution in [0.25, 0.3) is 22.4 Å². The predicted octanol–water partition coefficient (Wildman–Crippen LogP) is 7.79. The highest BCUT2D eigenvalue weighted by Crippen LogP contribution is 2.61. The number of amides is 1. The molecule has 1 aromatic heterocycles. The zero-order valence-corrected chi connectivity index (χ0v) is 23.5. The number of H-pyrrole nitrogens is 1. The average molecular weight is 540 g/mol. The smallest absolute Gasteiger partial charge is 0.410 e. The van der Waals surface area contributed by atoms with Gasteiger partial charge in [0.15, 0.2) is 0 Å². The van der Waals surface area contributed by atoms with Crippen LogP contribution >= 0.6 is 0 Å². The Morgan fingerprint density at radius 3 is 2.40 bits per heavy atom. The molecule has 4 unspecified atom stereocenters. The van der Waals surface area contributed by atoms with E-state index in [-0.39, 0.29) is 24.3 Å². The van der Waals surface area contributed by atoms with Gasteiger partial charge in [0.2, 0.25) is 0 Å². The number of carbonyl (C=O) groups excluding carboxylic acids is 1. The molecule has 2 saturated heterocycles. The zero-order chi connectivity index (χ0) is 27.3. The molecule has 0 spiro atoms. The number of aromatic nitrogens is 2. The van der Waals surface area contributed by atoms with Gasteiger partial charge < -0.3 is 19.6 Å². The van der Waals surface area contributed by atoms with Gasteiger partial charge in [0.1, 0.15) is 17.2 Å². The van der Waals surface area contributed by atoms with E-state index in [1.54, 1.807) is 0 Å². The van der Waals surface area contributed by atoms with Gasteiger partial charge in [-0.1, -0.05) is 18.2 Å². The number of phenols is 1. The molecule has 208 valence electrons. The Labute approximate surface area is 234 Å². The van der Waals surface area contributed by atoms with Crippen LogP contribution in [0.3, 0.4) is 0 Å². The molecule has 3 fully saturated rings. The summed E-state index contributed by atoms with van der Waals surface area (Å²) in [5.74, 6) is 2.33. The summed E-state index contributed by atoms with van der Waals surface area (Å²) in [5.41, 5.74) is 9.30. The van der Waals surface area contributed by atoms with E-state index in [1.807, 2.05) is 37.9 Å². The molecule has 2 N–H and O–H groups in total. The molecule has 5 atom stereocenters. The minimum atomic E-state index is -0.530. The first-order chi connectivity index (χ1) is 19.3. The van der Waals surface area contributed by atoms with Crippen molar-refractivity contribution in [3.05, 3.63) is 58.5 Å². The maximum atomic E-state index is 12.9. The Kier molecular flexibility index (Phi) is 5.26. The molecule has 1 amide bonds. The molecule has 4 heterocycles. The minimum absolute atomic E-state index is 0.0908. The number of phenolic OH excluding ortho intramolecular Hbond substituents is 1. The molecule has 7 nitrogen and oxygen atoms in total.